The van der Waals surface area contributed by atoms with Gasteiger partial charge in [0.1, 0.15) is 5.76 Å². The first-order chi connectivity index (χ1) is 11.3. The third-order valence-electron chi connectivity index (χ3n) is 6.11. The zero-order chi connectivity index (χ0) is 15.5. The van der Waals surface area contributed by atoms with Crippen LogP contribution in [-0.4, -0.2) is 44.4 Å². The van der Waals surface area contributed by atoms with Gasteiger partial charge in [-0.25, -0.2) is 0 Å². The molecule has 3 fully saturated rings. The van der Waals surface area contributed by atoms with Crippen LogP contribution >= 0.6 is 0 Å². The smallest absolute Gasteiger partial charge is 0.117 e. The van der Waals surface area contributed by atoms with Gasteiger partial charge >= 0.3 is 0 Å². The quantitative estimate of drug-likeness (QED) is 0.805. The zero-order valence-corrected chi connectivity index (χ0v) is 14.0. The lowest BCUT2D eigenvalue weighted by atomic mass is 9.66. The molecule has 128 valence electrons. The number of nitrogens with zero attached hydrogens (tertiary/aromatic N) is 1. The van der Waals surface area contributed by atoms with Crippen molar-refractivity contribution in [1.82, 2.24) is 4.90 Å². The lowest BCUT2D eigenvalue weighted by molar-refractivity contribution is -0.102. The van der Waals surface area contributed by atoms with E-state index in [1.54, 1.807) is 6.26 Å². The lowest BCUT2D eigenvalue weighted by Gasteiger charge is -2.49. The maximum atomic E-state index is 6.03. The molecule has 3 heterocycles. The Morgan fingerprint density at radius 1 is 1.17 bits per heavy atom. The van der Waals surface area contributed by atoms with E-state index in [2.05, 4.69) is 11.0 Å². The van der Waals surface area contributed by atoms with Gasteiger partial charge in [-0.1, -0.05) is 0 Å². The Bertz CT molecular complexity index is 475. The Balaban J connectivity index is 1.30. The van der Waals surface area contributed by atoms with Crippen LogP contribution in [0.4, 0.5) is 0 Å². The number of likely N-dealkylation sites (tertiary alicyclic amines) is 1. The largest absolute Gasteiger partial charge is 0.468 e. The van der Waals surface area contributed by atoms with Crippen LogP contribution in [0.15, 0.2) is 22.8 Å². The second-order valence-corrected chi connectivity index (χ2v) is 7.72. The van der Waals surface area contributed by atoms with E-state index in [-0.39, 0.29) is 0 Å². The first kappa shape index (κ1) is 15.7. The highest BCUT2D eigenvalue weighted by Crippen LogP contribution is 2.45. The molecule has 1 aliphatic carbocycles. The summed E-state index contributed by atoms with van der Waals surface area (Å²) in [6.45, 7) is 6.97. The van der Waals surface area contributed by atoms with Crippen molar-refractivity contribution in [3.8, 4) is 0 Å². The molecule has 4 nitrogen and oxygen atoms in total. The van der Waals surface area contributed by atoms with Gasteiger partial charge in [0, 0.05) is 19.1 Å². The Labute approximate surface area is 139 Å². The van der Waals surface area contributed by atoms with Crippen molar-refractivity contribution in [3.63, 3.8) is 0 Å². The van der Waals surface area contributed by atoms with Gasteiger partial charge in [-0.2, -0.15) is 0 Å². The van der Waals surface area contributed by atoms with E-state index in [4.69, 9.17) is 13.9 Å². The van der Waals surface area contributed by atoms with Crippen LogP contribution in [0.2, 0.25) is 0 Å². The molecule has 1 spiro atoms. The van der Waals surface area contributed by atoms with Crippen LogP contribution in [0.5, 0.6) is 0 Å². The summed E-state index contributed by atoms with van der Waals surface area (Å²) in [5.41, 5.74) is 0.446. The molecule has 23 heavy (non-hydrogen) atoms. The molecule has 0 bridgehead atoms. The van der Waals surface area contributed by atoms with Crippen molar-refractivity contribution >= 4 is 0 Å². The van der Waals surface area contributed by atoms with Crippen molar-refractivity contribution < 1.29 is 13.9 Å². The first-order valence-electron chi connectivity index (χ1n) is 9.24. The molecule has 4 heteroatoms. The molecule has 0 radical (unpaired) electrons. The molecule has 1 atom stereocenters. The average Bonchev–Trinajstić information content (AvgIpc) is 3.26. The summed E-state index contributed by atoms with van der Waals surface area (Å²) >= 11 is 0. The summed E-state index contributed by atoms with van der Waals surface area (Å²) in [6.07, 6.45) is 8.26. The standard InChI is InChI=1S/C19H29NO3/c1-2-18(23-10-1)12-20-8-5-19(6-9-20)7-11-21-14-17(19)15-22-13-16-3-4-16/h1-2,10,16-17H,3-9,11-15H2/t17-/m0/s1. The zero-order valence-electron chi connectivity index (χ0n) is 14.0. The van der Waals surface area contributed by atoms with Gasteiger partial charge in [0.25, 0.3) is 0 Å². The summed E-state index contributed by atoms with van der Waals surface area (Å²) < 4.78 is 17.3. The highest BCUT2D eigenvalue weighted by Gasteiger charge is 2.43. The van der Waals surface area contributed by atoms with Gasteiger partial charge in [0.15, 0.2) is 0 Å². The molecule has 0 unspecified atom stereocenters. The fourth-order valence-electron chi connectivity index (χ4n) is 4.21. The molecule has 0 aromatic carbocycles. The molecule has 0 N–H and O–H groups in total. The van der Waals surface area contributed by atoms with Crippen molar-refractivity contribution in [3.05, 3.63) is 24.2 Å². The minimum Gasteiger partial charge on any atom is -0.468 e. The van der Waals surface area contributed by atoms with E-state index < -0.39 is 0 Å². The Morgan fingerprint density at radius 3 is 2.78 bits per heavy atom. The van der Waals surface area contributed by atoms with E-state index >= 15 is 0 Å². The maximum Gasteiger partial charge on any atom is 0.117 e. The third-order valence-corrected chi connectivity index (χ3v) is 6.11. The van der Waals surface area contributed by atoms with Gasteiger partial charge < -0.3 is 13.9 Å². The first-order valence-corrected chi connectivity index (χ1v) is 9.24. The highest BCUT2D eigenvalue weighted by molar-refractivity contribution is 5.00. The molecule has 1 aromatic heterocycles. The van der Waals surface area contributed by atoms with Crippen molar-refractivity contribution in [2.75, 3.05) is 39.5 Å². The van der Waals surface area contributed by atoms with Crippen LogP contribution in [0.25, 0.3) is 0 Å². The molecular weight excluding hydrogens is 290 g/mol. The van der Waals surface area contributed by atoms with Crippen molar-refractivity contribution in [2.24, 2.45) is 17.3 Å². The Hall–Kier alpha value is -0.840. The summed E-state index contributed by atoms with van der Waals surface area (Å²) in [5.74, 6) is 2.52. The second-order valence-electron chi connectivity index (χ2n) is 7.72. The molecule has 2 saturated heterocycles. The minimum absolute atomic E-state index is 0.446. The molecule has 3 aliphatic rings. The Kier molecular flexibility index (Phi) is 4.74. The summed E-state index contributed by atoms with van der Waals surface area (Å²) in [4.78, 5) is 2.53. The van der Waals surface area contributed by atoms with Crippen molar-refractivity contribution in [1.29, 1.82) is 0 Å². The van der Waals surface area contributed by atoms with Crippen molar-refractivity contribution in [2.45, 2.75) is 38.6 Å². The molecule has 1 saturated carbocycles. The highest BCUT2D eigenvalue weighted by atomic mass is 16.5. The van der Waals surface area contributed by atoms with Crippen LogP contribution in [0.1, 0.15) is 37.9 Å². The molecule has 4 rings (SSSR count). The SMILES string of the molecule is c1coc(CN2CCC3(CCOC[C@H]3COCC3CC3)CC2)c1. The van der Waals surface area contributed by atoms with Crippen LogP contribution in [0.3, 0.4) is 0 Å². The van der Waals surface area contributed by atoms with Crippen LogP contribution in [-0.2, 0) is 16.0 Å². The summed E-state index contributed by atoms with van der Waals surface area (Å²) in [5, 5.41) is 0. The average molecular weight is 319 g/mol. The van der Waals surface area contributed by atoms with Crippen LogP contribution in [0, 0.1) is 17.3 Å². The number of ether oxygens (including phenoxy) is 2. The second kappa shape index (κ2) is 6.96. The van der Waals surface area contributed by atoms with E-state index in [0.717, 1.165) is 44.7 Å². The van der Waals surface area contributed by atoms with E-state index in [0.29, 0.717) is 11.3 Å². The van der Waals surface area contributed by atoms with Crippen LogP contribution < -0.4 is 0 Å². The molecular formula is C19H29NO3. The number of furan rings is 1. The number of hydrogen-bond donors (Lipinski definition) is 0. The van der Waals surface area contributed by atoms with Gasteiger partial charge in [-0.05, 0) is 68.7 Å². The monoisotopic (exact) mass is 319 g/mol. The Morgan fingerprint density at radius 2 is 2.04 bits per heavy atom. The van der Waals surface area contributed by atoms with Gasteiger partial charge in [0.05, 0.1) is 26.0 Å². The fourth-order valence-corrected chi connectivity index (χ4v) is 4.21. The molecule has 2 aliphatic heterocycles. The van der Waals surface area contributed by atoms with E-state index in [1.165, 1.54) is 45.2 Å². The fraction of sp³-hybridized carbons (Fsp3) is 0.789. The summed E-state index contributed by atoms with van der Waals surface area (Å²) in [6, 6.07) is 4.06. The number of hydrogen-bond acceptors (Lipinski definition) is 4. The van der Waals surface area contributed by atoms with E-state index in [9.17, 15) is 0 Å². The maximum absolute atomic E-state index is 6.03. The minimum atomic E-state index is 0.446. The summed E-state index contributed by atoms with van der Waals surface area (Å²) in [7, 11) is 0. The topological polar surface area (TPSA) is 34.8 Å². The molecule has 1 aromatic rings. The predicted molar refractivity (Wildman–Crippen MR) is 88.1 cm³/mol. The van der Waals surface area contributed by atoms with Gasteiger partial charge in [-0.3, -0.25) is 4.90 Å². The third kappa shape index (κ3) is 3.81. The number of rotatable bonds is 6. The number of piperidine rings is 1. The molecule has 0 amide bonds. The predicted octanol–water partition coefficient (Wildman–Crippen LogP) is 3.32. The van der Waals surface area contributed by atoms with Gasteiger partial charge in [0.2, 0.25) is 0 Å². The van der Waals surface area contributed by atoms with E-state index in [1.807, 2.05) is 6.07 Å². The lowest BCUT2D eigenvalue weighted by Crippen LogP contribution is -2.49. The van der Waals surface area contributed by atoms with Gasteiger partial charge in [-0.15, -0.1) is 0 Å². The normalized spacial score (nSPS) is 28.3.